The Kier molecular flexibility index (Phi) is 4.45. The Morgan fingerprint density at radius 2 is 2.06 bits per heavy atom. The van der Waals surface area contributed by atoms with Crippen LogP contribution in [-0.4, -0.2) is 4.98 Å². The van der Waals surface area contributed by atoms with Crippen molar-refractivity contribution in [2.75, 3.05) is 5.32 Å². The molecule has 1 N–H and O–H groups in total. The topological polar surface area (TPSA) is 24.9 Å². The predicted octanol–water partition coefficient (Wildman–Crippen LogP) is 4.65. The van der Waals surface area contributed by atoms with E-state index in [9.17, 15) is 0 Å². The van der Waals surface area contributed by atoms with Gasteiger partial charge in [0.05, 0.1) is 10.4 Å². The quantitative estimate of drug-likeness (QED) is 0.825. The minimum atomic E-state index is -0.0263. The van der Waals surface area contributed by atoms with Crippen LogP contribution in [0.3, 0.4) is 0 Å². The van der Waals surface area contributed by atoms with Crippen molar-refractivity contribution in [1.29, 1.82) is 0 Å². The Labute approximate surface area is 117 Å². The summed E-state index contributed by atoms with van der Waals surface area (Å²) in [5.41, 5.74) is 3.14. The fourth-order valence-electron chi connectivity index (χ4n) is 1.74. The minimum absolute atomic E-state index is 0.0263. The highest BCUT2D eigenvalue weighted by Gasteiger charge is 2.07. The van der Waals surface area contributed by atoms with E-state index in [2.05, 4.69) is 10.3 Å². The second kappa shape index (κ2) is 6.07. The van der Waals surface area contributed by atoms with Gasteiger partial charge in [0.1, 0.15) is 0 Å². The molecule has 4 heteroatoms. The van der Waals surface area contributed by atoms with Gasteiger partial charge in [-0.1, -0.05) is 29.8 Å². The van der Waals surface area contributed by atoms with E-state index < -0.39 is 0 Å². The second-order valence-electron chi connectivity index (χ2n) is 4.02. The number of para-hydroxylation sites is 1. The summed E-state index contributed by atoms with van der Waals surface area (Å²) in [5.74, 6) is 0. The van der Waals surface area contributed by atoms with Crippen LogP contribution >= 0.6 is 23.2 Å². The summed E-state index contributed by atoms with van der Waals surface area (Å²) < 4.78 is 0. The summed E-state index contributed by atoms with van der Waals surface area (Å²) in [4.78, 5) is 3.96. The van der Waals surface area contributed by atoms with Gasteiger partial charge < -0.3 is 5.32 Å². The van der Waals surface area contributed by atoms with Gasteiger partial charge in [-0.05, 0) is 30.2 Å². The number of hydrogen-bond acceptors (Lipinski definition) is 2. The number of rotatable bonds is 4. The predicted molar refractivity (Wildman–Crippen MR) is 77.3 cm³/mol. The van der Waals surface area contributed by atoms with Crippen molar-refractivity contribution in [3.8, 4) is 0 Å². The third-order valence-corrected chi connectivity index (χ3v) is 3.29. The molecule has 0 spiro atoms. The largest absolute Gasteiger partial charge is 0.381 e. The fraction of sp³-hybridized carbons (Fsp3) is 0.214. The Hall–Kier alpha value is -1.25. The number of anilines is 1. The molecule has 0 saturated heterocycles. The van der Waals surface area contributed by atoms with Gasteiger partial charge >= 0.3 is 0 Å². The monoisotopic (exact) mass is 280 g/mol. The molecule has 0 bridgehead atoms. The lowest BCUT2D eigenvalue weighted by Crippen LogP contribution is -2.03. The summed E-state index contributed by atoms with van der Waals surface area (Å²) in [6, 6.07) is 9.91. The van der Waals surface area contributed by atoms with Gasteiger partial charge in [-0.15, -0.1) is 11.6 Å². The van der Waals surface area contributed by atoms with Gasteiger partial charge in [-0.25, -0.2) is 0 Å². The van der Waals surface area contributed by atoms with E-state index in [4.69, 9.17) is 23.2 Å². The molecule has 18 heavy (non-hydrogen) atoms. The average molecular weight is 281 g/mol. The molecular formula is C14H14Cl2N2. The Balaban J connectivity index is 2.14. The highest BCUT2D eigenvalue weighted by atomic mass is 35.5. The van der Waals surface area contributed by atoms with Crippen LogP contribution in [0.5, 0.6) is 0 Å². The Bertz CT molecular complexity index is 527. The zero-order valence-corrected chi connectivity index (χ0v) is 11.5. The highest BCUT2D eigenvalue weighted by Crippen LogP contribution is 2.27. The van der Waals surface area contributed by atoms with Gasteiger partial charge in [0.2, 0.25) is 0 Å². The number of nitrogens with zero attached hydrogens (tertiary/aromatic N) is 1. The molecule has 0 radical (unpaired) electrons. The van der Waals surface area contributed by atoms with E-state index in [0.717, 1.165) is 16.8 Å². The molecule has 0 aliphatic heterocycles. The third kappa shape index (κ3) is 3.15. The molecule has 1 unspecified atom stereocenters. The van der Waals surface area contributed by atoms with E-state index >= 15 is 0 Å². The van der Waals surface area contributed by atoms with Crippen LogP contribution in [0.4, 0.5) is 5.69 Å². The van der Waals surface area contributed by atoms with Crippen molar-refractivity contribution in [2.45, 2.75) is 18.8 Å². The minimum Gasteiger partial charge on any atom is -0.381 e. The number of nitrogens with one attached hydrogen (secondary N) is 1. The molecule has 1 aromatic heterocycles. The first-order valence-electron chi connectivity index (χ1n) is 5.73. The van der Waals surface area contributed by atoms with Gasteiger partial charge in [-0.2, -0.15) is 0 Å². The van der Waals surface area contributed by atoms with E-state index in [1.165, 1.54) is 0 Å². The molecule has 0 saturated carbocycles. The van der Waals surface area contributed by atoms with Crippen molar-refractivity contribution >= 4 is 28.9 Å². The standard InChI is InChI=1S/C14H14Cl2N2/c1-10(15)12-4-2-3-5-14(12)18-8-11-6-7-17-9-13(11)16/h2-7,9-10,18H,8H2,1H3. The number of hydrogen-bond donors (Lipinski definition) is 1. The molecule has 2 nitrogen and oxygen atoms in total. The number of pyridine rings is 1. The molecular weight excluding hydrogens is 267 g/mol. The van der Waals surface area contributed by atoms with E-state index in [1.54, 1.807) is 12.4 Å². The average Bonchev–Trinajstić information content (AvgIpc) is 2.38. The molecule has 0 aliphatic rings. The molecule has 2 aromatic rings. The molecule has 1 aromatic carbocycles. The third-order valence-electron chi connectivity index (χ3n) is 2.72. The van der Waals surface area contributed by atoms with Crippen molar-refractivity contribution < 1.29 is 0 Å². The maximum absolute atomic E-state index is 6.15. The van der Waals surface area contributed by atoms with E-state index in [0.29, 0.717) is 11.6 Å². The summed E-state index contributed by atoms with van der Waals surface area (Å²) in [5, 5.41) is 4.00. The van der Waals surface area contributed by atoms with Crippen molar-refractivity contribution in [3.05, 3.63) is 58.9 Å². The lowest BCUT2D eigenvalue weighted by Gasteiger charge is -2.13. The lowest BCUT2D eigenvalue weighted by atomic mass is 10.1. The first-order chi connectivity index (χ1) is 8.68. The highest BCUT2D eigenvalue weighted by molar-refractivity contribution is 6.31. The number of alkyl halides is 1. The van der Waals surface area contributed by atoms with Crippen LogP contribution in [0.15, 0.2) is 42.7 Å². The number of halogens is 2. The zero-order chi connectivity index (χ0) is 13.0. The van der Waals surface area contributed by atoms with Crippen LogP contribution in [0, 0.1) is 0 Å². The molecule has 1 heterocycles. The Morgan fingerprint density at radius 3 is 2.78 bits per heavy atom. The number of aromatic nitrogens is 1. The SMILES string of the molecule is CC(Cl)c1ccccc1NCc1ccncc1Cl. The van der Waals surface area contributed by atoms with Crippen LogP contribution in [0.25, 0.3) is 0 Å². The molecule has 94 valence electrons. The van der Waals surface area contributed by atoms with Crippen molar-refractivity contribution in [2.24, 2.45) is 0 Å². The molecule has 0 fully saturated rings. The van der Waals surface area contributed by atoms with Gasteiger partial charge in [0.15, 0.2) is 0 Å². The van der Waals surface area contributed by atoms with Crippen LogP contribution in [0.2, 0.25) is 5.02 Å². The normalized spacial score (nSPS) is 12.2. The smallest absolute Gasteiger partial charge is 0.0639 e. The first-order valence-corrected chi connectivity index (χ1v) is 6.55. The molecule has 1 atom stereocenters. The van der Waals surface area contributed by atoms with Crippen LogP contribution < -0.4 is 5.32 Å². The van der Waals surface area contributed by atoms with Crippen molar-refractivity contribution in [1.82, 2.24) is 4.98 Å². The fourth-order valence-corrected chi connectivity index (χ4v) is 2.12. The summed E-state index contributed by atoms with van der Waals surface area (Å²) in [6.45, 7) is 2.61. The maximum Gasteiger partial charge on any atom is 0.0639 e. The van der Waals surface area contributed by atoms with Gasteiger partial charge in [0, 0.05) is 24.6 Å². The molecule has 0 amide bonds. The van der Waals surface area contributed by atoms with E-state index in [1.807, 2.05) is 37.3 Å². The van der Waals surface area contributed by atoms with E-state index in [-0.39, 0.29) is 5.38 Å². The molecule has 2 rings (SSSR count). The summed E-state index contributed by atoms with van der Waals surface area (Å²) in [7, 11) is 0. The maximum atomic E-state index is 6.15. The summed E-state index contributed by atoms with van der Waals surface area (Å²) >= 11 is 12.2. The lowest BCUT2D eigenvalue weighted by molar-refractivity contribution is 1.06. The van der Waals surface area contributed by atoms with Crippen LogP contribution in [-0.2, 0) is 6.54 Å². The van der Waals surface area contributed by atoms with Crippen molar-refractivity contribution in [3.63, 3.8) is 0 Å². The van der Waals surface area contributed by atoms with Gasteiger partial charge in [-0.3, -0.25) is 4.98 Å². The summed E-state index contributed by atoms with van der Waals surface area (Å²) in [6.07, 6.45) is 3.38. The van der Waals surface area contributed by atoms with Crippen LogP contribution in [0.1, 0.15) is 23.4 Å². The zero-order valence-electron chi connectivity index (χ0n) is 10.0. The van der Waals surface area contributed by atoms with Gasteiger partial charge in [0.25, 0.3) is 0 Å². The Morgan fingerprint density at radius 1 is 1.28 bits per heavy atom. The number of benzene rings is 1. The second-order valence-corrected chi connectivity index (χ2v) is 5.09. The molecule has 0 aliphatic carbocycles. The first kappa shape index (κ1) is 13.2.